The van der Waals surface area contributed by atoms with Crippen molar-refractivity contribution in [2.24, 2.45) is 0 Å². The first-order valence-electron chi connectivity index (χ1n) is 8.61. The van der Waals surface area contributed by atoms with E-state index < -0.39 is 29.6 Å². The van der Waals surface area contributed by atoms with Crippen molar-refractivity contribution in [3.05, 3.63) is 52.1 Å². The van der Waals surface area contributed by atoms with Crippen molar-refractivity contribution in [3.8, 4) is 22.0 Å². The number of methoxy groups -OCH3 is 2. The van der Waals surface area contributed by atoms with Crippen molar-refractivity contribution in [2.75, 3.05) is 19.5 Å². The van der Waals surface area contributed by atoms with Crippen molar-refractivity contribution in [2.45, 2.75) is 12.1 Å². The van der Waals surface area contributed by atoms with Gasteiger partial charge in [0.15, 0.2) is 23.6 Å². The van der Waals surface area contributed by atoms with Crippen molar-refractivity contribution >= 4 is 29.0 Å². The first-order chi connectivity index (χ1) is 14.0. The highest BCUT2D eigenvalue weighted by Crippen LogP contribution is 2.34. The molecule has 148 valence electrons. The van der Waals surface area contributed by atoms with Gasteiger partial charge in [0.05, 0.1) is 19.1 Å². The van der Waals surface area contributed by atoms with Crippen molar-refractivity contribution in [3.63, 3.8) is 0 Å². The molecule has 10 heteroatoms. The first-order valence-corrected chi connectivity index (χ1v) is 9.49. The summed E-state index contributed by atoms with van der Waals surface area (Å²) in [6.07, 6.45) is 0. The van der Waals surface area contributed by atoms with Gasteiger partial charge in [0.1, 0.15) is 0 Å². The number of nitrogens with zero attached hydrogens (tertiary/aromatic N) is 3. The van der Waals surface area contributed by atoms with Gasteiger partial charge in [-0.2, -0.15) is 10.1 Å². The van der Waals surface area contributed by atoms with Crippen LogP contribution in [0.2, 0.25) is 0 Å². The molecular weight excluding hydrogens is 396 g/mol. The molecule has 29 heavy (non-hydrogen) atoms. The number of nitrogens with one attached hydrogen (secondary N) is 1. The van der Waals surface area contributed by atoms with Crippen molar-refractivity contribution < 1.29 is 19.1 Å². The van der Waals surface area contributed by atoms with E-state index >= 15 is 0 Å². The zero-order chi connectivity index (χ0) is 20.5. The van der Waals surface area contributed by atoms with Gasteiger partial charge in [-0.3, -0.25) is 4.79 Å². The Bertz CT molecular complexity index is 1140. The standard InChI is InChI=1S/C19H16N4O5S/c1-27-18(25)14-15(19(26)28-2)23-16(10-6-3-4-7-11(10)20-14)21-17(24)13(22-23)12-8-5-9-29-12/h3-9,14-15,20H,1-2H3. The van der Waals surface area contributed by atoms with E-state index in [0.717, 1.165) is 0 Å². The summed E-state index contributed by atoms with van der Waals surface area (Å²) in [7, 11) is 2.44. The smallest absolute Gasteiger partial charge is 0.333 e. The fourth-order valence-electron chi connectivity index (χ4n) is 3.21. The first kappa shape index (κ1) is 18.8. The largest absolute Gasteiger partial charge is 0.467 e. The summed E-state index contributed by atoms with van der Waals surface area (Å²) in [5.74, 6) is -1.25. The van der Waals surface area contributed by atoms with Crippen molar-refractivity contribution in [1.29, 1.82) is 0 Å². The monoisotopic (exact) mass is 412 g/mol. The molecule has 0 fully saturated rings. The number of thiophene rings is 1. The molecule has 0 saturated carbocycles. The maximum Gasteiger partial charge on any atom is 0.333 e. The van der Waals surface area contributed by atoms with Gasteiger partial charge in [-0.15, -0.1) is 11.3 Å². The average Bonchev–Trinajstić information content (AvgIpc) is 3.23. The Kier molecular flexibility index (Phi) is 4.85. The molecule has 0 radical (unpaired) electrons. The number of ether oxygens (including phenoxy) is 2. The van der Waals surface area contributed by atoms with Crippen LogP contribution in [0.1, 0.15) is 6.04 Å². The number of fused-ring (bicyclic) bond motifs is 3. The molecule has 3 heterocycles. The van der Waals surface area contributed by atoms with E-state index in [1.54, 1.807) is 41.8 Å². The second-order valence-corrected chi connectivity index (χ2v) is 7.12. The van der Waals surface area contributed by atoms with E-state index in [0.29, 0.717) is 16.1 Å². The molecule has 4 rings (SSSR count). The van der Waals surface area contributed by atoms with Gasteiger partial charge in [-0.25, -0.2) is 14.3 Å². The topological polar surface area (TPSA) is 112 Å². The summed E-state index contributed by atoms with van der Waals surface area (Å²) in [5.41, 5.74) is 0.588. The van der Waals surface area contributed by atoms with E-state index in [1.807, 2.05) is 0 Å². The molecule has 0 aliphatic carbocycles. The van der Waals surface area contributed by atoms with Crippen LogP contribution in [0, 0.1) is 0 Å². The van der Waals surface area contributed by atoms with Crippen LogP contribution in [0.15, 0.2) is 46.6 Å². The maximum atomic E-state index is 12.7. The van der Waals surface area contributed by atoms with Crippen LogP contribution < -0.4 is 10.9 Å². The number of carbonyl (C=O) groups excluding carboxylic acids is 2. The van der Waals surface area contributed by atoms with Crippen LogP contribution in [0.4, 0.5) is 5.69 Å². The second-order valence-electron chi connectivity index (χ2n) is 6.17. The molecule has 2 atom stereocenters. The van der Waals surface area contributed by atoms with E-state index in [1.165, 1.54) is 30.2 Å². The molecule has 3 aromatic rings. The van der Waals surface area contributed by atoms with Crippen molar-refractivity contribution in [1.82, 2.24) is 14.8 Å². The molecule has 9 nitrogen and oxygen atoms in total. The normalized spacial score (nSPS) is 17.3. The molecule has 2 aromatic heterocycles. The van der Waals surface area contributed by atoms with Gasteiger partial charge in [0, 0.05) is 11.3 Å². The fourth-order valence-corrected chi connectivity index (χ4v) is 3.91. The predicted molar refractivity (Wildman–Crippen MR) is 106 cm³/mol. The second kappa shape index (κ2) is 7.47. The Balaban J connectivity index is 2.05. The van der Waals surface area contributed by atoms with E-state index in [2.05, 4.69) is 15.4 Å². The Labute approximate surface area is 168 Å². The SMILES string of the molecule is COC(=O)C1Nc2ccccc2-c2nc(=O)c(-c3cccs3)nn2C1C(=O)OC. The van der Waals surface area contributed by atoms with Gasteiger partial charge in [0.2, 0.25) is 0 Å². The van der Waals surface area contributed by atoms with Gasteiger partial charge in [-0.05, 0) is 23.6 Å². The number of esters is 2. The third kappa shape index (κ3) is 3.17. The Morgan fingerprint density at radius 2 is 1.86 bits per heavy atom. The van der Waals surface area contributed by atoms with Crippen LogP contribution in [0.5, 0.6) is 0 Å². The van der Waals surface area contributed by atoms with E-state index in [4.69, 9.17) is 9.47 Å². The average molecular weight is 412 g/mol. The van der Waals surface area contributed by atoms with Crippen LogP contribution in [-0.4, -0.2) is 47.0 Å². The highest BCUT2D eigenvalue weighted by atomic mass is 32.1. The van der Waals surface area contributed by atoms with Gasteiger partial charge >= 0.3 is 17.5 Å². The molecule has 0 saturated heterocycles. The third-order valence-corrected chi connectivity index (χ3v) is 5.42. The van der Waals surface area contributed by atoms with Gasteiger partial charge in [0.25, 0.3) is 0 Å². The van der Waals surface area contributed by atoms with Crippen LogP contribution in [0.3, 0.4) is 0 Å². The summed E-state index contributed by atoms with van der Waals surface area (Å²) in [5, 5.41) is 9.26. The molecule has 1 aliphatic rings. The molecule has 2 unspecified atom stereocenters. The van der Waals surface area contributed by atoms with E-state index in [-0.39, 0.29) is 11.5 Å². The maximum absolute atomic E-state index is 12.7. The lowest BCUT2D eigenvalue weighted by atomic mass is 10.1. The zero-order valence-electron chi connectivity index (χ0n) is 15.5. The Hall–Kier alpha value is -3.53. The number of para-hydroxylation sites is 1. The highest BCUT2D eigenvalue weighted by Gasteiger charge is 2.42. The number of rotatable bonds is 3. The molecule has 1 aliphatic heterocycles. The number of hydrogen-bond acceptors (Lipinski definition) is 9. The fraction of sp³-hybridized carbons (Fsp3) is 0.211. The number of carbonyl (C=O) groups is 2. The lowest BCUT2D eigenvalue weighted by Gasteiger charge is -2.24. The molecule has 1 N–H and O–H groups in total. The van der Waals surface area contributed by atoms with Gasteiger partial charge in [-0.1, -0.05) is 18.2 Å². The number of aromatic nitrogens is 3. The number of anilines is 1. The minimum Gasteiger partial charge on any atom is -0.467 e. The molecule has 0 amide bonds. The molecular formula is C19H16N4O5S. The van der Waals surface area contributed by atoms with E-state index in [9.17, 15) is 14.4 Å². The molecule has 0 bridgehead atoms. The lowest BCUT2D eigenvalue weighted by molar-refractivity contribution is -0.152. The quantitative estimate of drug-likeness (QED) is 0.647. The van der Waals surface area contributed by atoms with Crippen LogP contribution in [0.25, 0.3) is 22.0 Å². The third-order valence-electron chi connectivity index (χ3n) is 4.55. The minimum atomic E-state index is -1.23. The highest BCUT2D eigenvalue weighted by molar-refractivity contribution is 7.13. The molecule has 1 aromatic carbocycles. The summed E-state index contributed by atoms with van der Waals surface area (Å²) < 4.78 is 11.1. The number of hydrogen-bond donors (Lipinski definition) is 1. The van der Waals surface area contributed by atoms with Gasteiger partial charge < -0.3 is 14.8 Å². The Morgan fingerprint density at radius 1 is 1.10 bits per heavy atom. The lowest BCUT2D eigenvalue weighted by Crippen LogP contribution is -2.44. The van der Waals surface area contributed by atoms with Crippen LogP contribution in [-0.2, 0) is 19.1 Å². The van der Waals surface area contributed by atoms with Crippen LogP contribution >= 0.6 is 11.3 Å². The summed E-state index contributed by atoms with van der Waals surface area (Å²) in [6, 6.07) is 8.10. The summed E-state index contributed by atoms with van der Waals surface area (Å²) in [6.45, 7) is 0. The summed E-state index contributed by atoms with van der Waals surface area (Å²) in [4.78, 5) is 42.8. The predicted octanol–water partition coefficient (Wildman–Crippen LogP) is 1.71. The molecule has 0 spiro atoms. The Morgan fingerprint density at radius 3 is 2.55 bits per heavy atom. The summed E-state index contributed by atoms with van der Waals surface area (Å²) >= 11 is 1.32. The zero-order valence-corrected chi connectivity index (χ0v) is 16.3. The minimum absolute atomic E-state index is 0.0839. The number of benzene rings is 1.